The second-order valence-corrected chi connectivity index (χ2v) is 10.9. The van der Waals surface area contributed by atoms with Gasteiger partial charge >= 0.3 is 6.03 Å². The van der Waals surface area contributed by atoms with Crippen molar-refractivity contribution in [2.75, 3.05) is 18.4 Å². The van der Waals surface area contributed by atoms with Gasteiger partial charge in [-0.05, 0) is 72.0 Å². The first kappa shape index (κ1) is 27.5. The van der Waals surface area contributed by atoms with E-state index >= 15 is 0 Å². The topological polar surface area (TPSA) is 117 Å². The molecular formula is C33H35N7O2. The number of hydrazone groups is 1. The van der Waals surface area contributed by atoms with Gasteiger partial charge in [0.15, 0.2) is 0 Å². The summed E-state index contributed by atoms with van der Waals surface area (Å²) in [6, 6.07) is 19.5. The van der Waals surface area contributed by atoms with Crippen LogP contribution in [-0.2, 0) is 17.9 Å². The van der Waals surface area contributed by atoms with Gasteiger partial charge < -0.3 is 16.0 Å². The van der Waals surface area contributed by atoms with Crippen LogP contribution in [0.1, 0.15) is 60.3 Å². The summed E-state index contributed by atoms with van der Waals surface area (Å²) in [5, 5.41) is 10.5. The van der Waals surface area contributed by atoms with E-state index in [0.717, 1.165) is 64.6 Å². The van der Waals surface area contributed by atoms with Crippen LogP contribution in [0.25, 0.3) is 10.9 Å². The predicted molar refractivity (Wildman–Crippen MR) is 164 cm³/mol. The number of anilines is 1. The average molecular weight is 562 g/mol. The van der Waals surface area contributed by atoms with Crippen LogP contribution in [-0.4, -0.2) is 50.6 Å². The van der Waals surface area contributed by atoms with E-state index in [4.69, 9.17) is 10.8 Å². The normalized spacial score (nSPS) is 16.5. The van der Waals surface area contributed by atoms with Gasteiger partial charge in [0.25, 0.3) is 5.91 Å². The predicted octanol–water partition coefficient (Wildman–Crippen LogP) is 5.42. The third kappa shape index (κ3) is 6.01. The molecule has 2 aromatic carbocycles. The van der Waals surface area contributed by atoms with E-state index in [1.54, 1.807) is 22.3 Å². The summed E-state index contributed by atoms with van der Waals surface area (Å²) < 4.78 is 0. The average Bonchev–Trinajstić information content (AvgIpc) is 3.47. The van der Waals surface area contributed by atoms with Crippen LogP contribution in [0.3, 0.4) is 0 Å². The molecule has 2 aromatic heterocycles. The fourth-order valence-electron chi connectivity index (χ4n) is 5.66. The third-order valence-electron chi connectivity index (χ3n) is 8.03. The summed E-state index contributed by atoms with van der Waals surface area (Å²) >= 11 is 0. The standard InChI is InChI=1S/C33H35N7O2/c34-14-3-1-2-4-17-40-32(41)29(25-8-7-23-6-5-15-36-30(23)18-25)19-31(38-40)24-9-11-28(12-10-24)37-33(42)39-21-26-13-16-35-20-27(26)22-39/h5-13,15-16,18,20,29H,1-4,14,17,19,21-22,34H2,(H,37,42). The first-order valence-electron chi connectivity index (χ1n) is 14.6. The van der Waals surface area contributed by atoms with Gasteiger partial charge in [-0.1, -0.05) is 43.2 Å². The summed E-state index contributed by atoms with van der Waals surface area (Å²) in [6.07, 6.45) is 9.74. The molecule has 3 N–H and O–H groups in total. The van der Waals surface area contributed by atoms with Crippen LogP contribution in [0.15, 0.2) is 84.4 Å². The zero-order valence-electron chi connectivity index (χ0n) is 23.6. The number of benzene rings is 2. The van der Waals surface area contributed by atoms with E-state index in [-0.39, 0.29) is 17.9 Å². The van der Waals surface area contributed by atoms with E-state index in [9.17, 15) is 9.59 Å². The number of pyridine rings is 2. The molecule has 0 spiro atoms. The minimum absolute atomic E-state index is 0.0125. The number of aromatic nitrogens is 2. The zero-order chi connectivity index (χ0) is 28.9. The summed E-state index contributed by atoms with van der Waals surface area (Å²) in [4.78, 5) is 37.0. The molecule has 4 heterocycles. The first-order valence-corrected chi connectivity index (χ1v) is 14.6. The number of nitrogens with two attached hydrogens (primary N) is 1. The quantitative estimate of drug-likeness (QED) is 0.265. The highest BCUT2D eigenvalue weighted by Crippen LogP contribution is 2.31. The van der Waals surface area contributed by atoms with Crippen molar-refractivity contribution in [1.29, 1.82) is 0 Å². The Morgan fingerprint density at radius 3 is 2.62 bits per heavy atom. The van der Waals surface area contributed by atoms with Crippen molar-refractivity contribution in [2.45, 2.75) is 51.1 Å². The maximum Gasteiger partial charge on any atom is 0.322 e. The maximum absolute atomic E-state index is 13.7. The molecule has 2 aliphatic rings. The number of nitrogens with zero attached hydrogens (tertiary/aromatic N) is 5. The molecule has 0 bridgehead atoms. The zero-order valence-corrected chi connectivity index (χ0v) is 23.6. The van der Waals surface area contributed by atoms with Crippen molar-refractivity contribution in [3.63, 3.8) is 0 Å². The Kier molecular flexibility index (Phi) is 8.18. The molecule has 3 amide bonds. The van der Waals surface area contributed by atoms with Gasteiger partial charge in [0.1, 0.15) is 0 Å². The van der Waals surface area contributed by atoms with E-state index in [1.165, 1.54) is 0 Å². The van der Waals surface area contributed by atoms with Crippen LogP contribution < -0.4 is 11.1 Å². The smallest absolute Gasteiger partial charge is 0.322 e. The highest BCUT2D eigenvalue weighted by molar-refractivity contribution is 6.06. The Morgan fingerprint density at radius 1 is 0.952 bits per heavy atom. The Hall–Kier alpha value is -4.63. The molecule has 1 atom stereocenters. The number of fused-ring (bicyclic) bond motifs is 2. The number of unbranched alkanes of at least 4 members (excludes halogenated alkanes) is 3. The van der Waals surface area contributed by atoms with Gasteiger partial charge in [-0.2, -0.15) is 5.10 Å². The van der Waals surface area contributed by atoms with Crippen LogP contribution in [0.2, 0.25) is 0 Å². The fraction of sp³-hybridized carbons (Fsp3) is 0.303. The molecular weight excluding hydrogens is 526 g/mol. The molecule has 4 aromatic rings. The van der Waals surface area contributed by atoms with Gasteiger partial charge in [0.2, 0.25) is 0 Å². The first-order chi connectivity index (χ1) is 20.6. The number of urea groups is 1. The Bertz CT molecular complexity index is 1590. The van der Waals surface area contributed by atoms with Gasteiger partial charge in [-0.25, -0.2) is 9.80 Å². The monoisotopic (exact) mass is 561 g/mol. The van der Waals surface area contributed by atoms with Crippen LogP contribution in [0.5, 0.6) is 0 Å². The van der Waals surface area contributed by atoms with E-state index in [0.29, 0.717) is 38.3 Å². The van der Waals surface area contributed by atoms with Crippen molar-refractivity contribution in [1.82, 2.24) is 19.9 Å². The van der Waals surface area contributed by atoms with Gasteiger partial charge in [0.05, 0.1) is 17.1 Å². The number of nitrogens with one attached hydrogen (secondary N) is 1. The molecule has 214 valence electrons. The van der Waals surface area contributed by atoms with Crippen molar-refractivity contribution in [3.05, 3.63) is 102 Å². The molecule has 6 rings (SSSR count). The largest absolute Gasteiger partial charge is 0.330 e. The molecule has 2 aliphatic heterocycles. The van der Waals surface area contributed by atoms with E-state index in [2.05, 4.69) is 15.3 Å². The lowest BCUT2D eigenvalue weighted by Crippen LogP contribution is -2.38. The molecule has 0 radical (unpaired) electrons. The highest BCUT2D eigenvalue weighted by atomic mass is 16.2. The maximum atomic E-state index is 13.7. The lowest BCUT2D eigenvalue weighted by Gasteiger charge is -2.30. The highest BCUT2D eigenvalue weighted by Gasteiger charge is 2.32. The fourth-order valence-corrected chi connectivity index (χ4v) is 5.66. The van der Waals surface area contributed by atoms with Crippen molar-refractivity contribution in [3.8, 4) is 0 Å². The minimum atomic E-state index is -0.349. The summed E-state index contributed by atoms with van der Waals surface area (Å²) in [6.45, 7) is 2.37. The minimum Gasteiger partial charge on any atom is -0.330 e. The van der Waals surface area contributed by atoms with Gasteiger partial charge in [-0.3, -0.25) is 14.8 Å². The third-order valence-corrected chi connectivity index (χ3v) is 8.03. The Morgan fingerprint density at radius 2 is 1.79 bits per heavy atom. The molecule has 0 saturated heterocycles. The number of carbonyl (C=O) groups excluding carboxylic acids is 2. The van der Waals surface area contributed by atoms with E-state index < -0.39 is 0 Å². The lowest BCUT2D eigenvalue weighted by molar-refractivity contribution is -0.133. The molecule has 9 nitrogen and oxygen atoms in total. The molecule has 42 heavy (non-hydrogen) atoms. The van der Waals surface area contributed by atoms with Crippen LogP contribution in [0.4, 0.5) is 10.5 Å². The Balaban J connectivity index is 1.19. The summed E-state index contributed by atoms with van der Waals surface area (Å²) in [5.41, 5.74) is 12.2. The van der Waals surface area contributed by atoms with E-state index in [1.807, 2.05) is 66.9 Å². The second-order valence-electron chi connectivity index (χ2n) is 10.9. The van der Waals surface area contributed by atoms with Crippen LogP contribution in [0, 0.1) is 0 Å². The molecule has 0 aliphatic carbocycles. The van der Waals surface area contributed by atoms with Crippen LogP contribution >= 0.6 is 0 Å². The number of amides is 3. The van der Waals surface area contributed by atoms with Crippen molar-refractivity contribution >= 4 is 34.2 Å². The second kappa shape index (κ2) is 12.5. The Labute approximate surface area is 245 Å². The van der Waals surface area contributed by atoms with Gasteiger partial charge in [-0.15, -0.1) is 0 Å². The molecule has 1 unspecified atom stereocenters. The SMILES string of the molecule is NCCCCCCN1N=C(c2ccc(NC(=O)N3Cc4ccncc4C3)cc2)CC(c2ccc3cccnc3c2)C1=O. The lowest BCUT2D eigenvalue weighted by atomic mass is 9.88. The molecule has 0 saturated carbocycles. The molecule has 9 heteroatoms. The molecule has 0 fully saturated rings. The summed E-state index contributed by atoms with van der Waals surface area (Å²) in [5.74, 6) is -0.336. The number of rotatable bonds is 9. The number of hydrogen-bond acceptors (Lipinski definition) is 6. The number of carbonyl (C=O) groups is 2. The van der Waals surface area contributed by atoms with Gasteiger partial charge in [0, 0.05) is 55.7 Å². The summed E-state index contributed by atoms with van der Waals surface area (Å²) in [7, 11) is 0. The van der Waals surface area contributed by atoms with Crippen molar-refractivity contribution in [2.24, 2.45) is 10.8 Å². The number of hydrogen-bond donors (Lipinski definition) is 2. The van der Waals surface area contributed by atoms with Crippen molar-refractivity contribution < 1.29 is 9.59 Å².